The molecule has 2 aliphatic heterocycles. The quantitative estimate of drug-likeness (QED) is 0.271. The lowest BCUT2D eigenvalue weighted by Gasteiger charge is -2.46. The summed E-state index contributed by atoms with van der Waals surface area (Å²) in [5, 5.41) is 11.2. The van der Waals surface area contributed by atoms with Crippen molar-refractivity contribution in [3.63, 3.8) is 0 Å². The fraction of sp³-hybridized carbons (Fsp3) is 0.300. The van der Waals surface area contributed by atoms with Gasteiger partial charge in [-0.2, -0.15) is 0 Å². The van der Waals surface area contributed by atoms with Gasteiger partial charge in [0.15, 0.2) is 0 Å². The number of likely N-dealkylation sites (N-methyl/N-ethyl adjacent to an activating group) is 1. The number of nitro groups is 1. The third-order valence-electron chi connectivity index (χ3n) is 5.61. The zero-order valence-corrected chi connectivity index (χ0v) is 17.0. The predicted molar refractivity (Wildman–Crippen MR) is 111 cm³/mol. The van der Waals surface area contributed by atoms with Crippen LogP contribution in [0.15, 0.2) is 42.5 Å². The number of rotatable bonds is 2. The molecule has 0 fully saturated rings. The Morgan fingerprint density at radius 1 is 1.27 bits per heavy atom. The molecule has 0 aliphatic carbocycles. The van der Waals surface area contributed by atoms with Crippen LogP contribution in [-0.2, 0) is 9.84 Å². The van der Waals surface area contributed by atoms with Crippen LogP contribution in [0.3, 0.4) is 0 Å². The third-order valence-corrected chi connectivity index (χ3v) is 6.43. The number of ether oxygens (including phenoxy) is 1. The molecule has 26 heavy (non-hydrogen) atoms. The smallest absolute Gasteiger partial charge is 0.270 e. The molecule has 1 atom stereocenters. The van der Waals surface area contributed by atoms with Gasteiger partial charge >= 0.3 is 0 Å². The van der Waals surface area contributed by atoms with Crippen LogP contribution in [0.2, 0.25) is 0 Å². The molecule has 0 aromatic heterocycles. The second-order valence-electron chi connectivity index (χ2n) is 7.25. The number of alkyl halides is 1. The van der Waals surface area contributed by atoms with Gasteiger partial charge in [-0.05, 0) is 37.6 Å². The number of para-hydroxylation sites is 1. The molecule has 0 saturated heterocycles. The maximum Gasteiger partial charge on any atom is 0.270 e. The lowest BCUT2D eigenvalue weighted by atomic mass is 9.76. The van der Waals surface area contributed by atoms with Gasteiger partial charge in [0, 0.05) is 40.4 Å². The standard InChI is InChI=1S/C20H19IN2O3/c1-19(2)16-6-4-5-7-17(16)22(3)20(19)9-8-13-10-15(23(24)25)11-14(12-21)18(13)26-20/h4-11H,12H2,1-3H3. The number of benzene rings is 2. The van der Waals surface area contributed by atoms with Crippen molar-refractivity contribution >= 4 is 40.0 Å². The van der Waals surface area contributed by atoms with Gasteiger partial charge in [-0.3, -0.25) is 10.1 Å². The first kappa shape index (κ1) is 17.3. The monoisotopic (exact) mass is 462 g/mol. The molecule has 2 aliphatic rings. The molecule has 134 valence electrons. The van der Waals surface area contributed by atoms with E-state index in [2.05, 4.69) is 53.5 Å². The fourth-order valence-corrected chi connectivity index (χ4v) is 4.71. The molecular weight excluding hydrogens is 443 g/mol. The molecule has 0 bridgehead atoms. The van der Waals surface area contributed by atoms with Gasteiger partial charge in [-0.15, -0.1) is 0 Å². The number of nitrogens with zero attached hydrogens (tertiary/aromatic N) is 2. The summed E-state index contributed by atoms with van der Waals surface area (Å²) in [7, 11) is 2.04. The average Bonchev–Trinajstić information content (AvgIpc) is 2.80. The minimum absolute atomic E-state index is 0.0990. The minimum Gasteiger partial charge on any atom is -0.462 e. The molecule has 0 saturated carbocycles. The first-order valence-electron chi connectivity index (χ1n) is 8.40. The van der Waals surface area contributed by atoms with E-state index in [1.165, 1.54) is 5.56 Å². The second-order valence-corrected chi connectivity index (χ2v) is 8.01. The van der Waals surface area contributed by atoms with Crippen LogP contribution in [0.25, 0.3) is 6.08 Å². The first-order chi connectivity index (χ1) is 12.3. The summed E-state index contributed by atoms with van der Waals surface area (Å²) < 4.78 is 7.30. The Morgan fingerprint density at radius 2 is 2.00 bits per heavy atom. The van der Waals surface area contributed by atoms with Crippen LogP contribution in [-0.4, -0.2) is 17.7 Å². The van der Waals surface area contributed by atoms with E-state index in [-0.39, 0.29) is 16.0 Å². The van der Waals surface area contributed by atoms with E-state index in [0.717, 1.165) is 22.6 Å². The lowest BCUT2D eigenvalue weighted by molar-refractivity contribution is -0.384. The highest BCUT2D eigenvalue weighted by molar-refractivity contribution is 14.1. The number of anilines is 1. The molecule has 2 heterocycles. The van der Waals surface area contributed by atoms with E-state index >= 15 is 0 Å². The summed E-state index contributed by atoms with van der Waals surface area (Å²) in [6, 6.07) is 11.5. The van der Waals surface area contributed by atoms with Gasteiger partial charge in [0.1, 0.15) is 5.75 Å². The average molecular weight is 462 g/mol. The lowest BCUT2D eigenvalue weighted by Crippen LogP contribution is -2.58. The maximum atomic E-state index is 11.2. The van der Waals surface area contributed by atoms with Crippen molar-refractivity contribution in [2.75, 3.05) is 11.9 Å². The predicted octanol–water partition coefficient (Wildman–Crippen LogP) is 5.06. The molecule has 1 unspecified atom stereocenters. The molecule has 2 aromatic carbocycles. The van der Waals surface area contributed by atoms with E-state index in [4.69, 9.17) is 4.74 Å². The van der Waals surface area contributed by atoms with Crippen LogP contribution < -0.4 is 9.64 Å². The summed E-state index contributed by atoms with van der Waals surface area (Å²) in [6.45, 7) is 4.36. The molecule has 5 nitrogen and oxygen atoms in total. The van der Waals surface area contributed by atoms with Gasteiger partial charge in [-0.1, -0.05) is 40.8 Å². The van der Waals surface area contributed by atoms with Crippen LogP contribution in [0.5, 0.6) is 5.75 Å². The van der Waals surface area contributed by atoms with Crippen LogP contribution in [0.4, 0.5) is 11.4 Å². The topological polar surface area (TPSA) is 55.6 Å². The fourth-order valence-electron chi connectivity index (χ4n) is 4.14. The molecular formula is C20H19IN2O3. The first-order valence-corrected chi connectivity index (χ1v) is 9.93. The Morgan fingerprint density at radius 3 is 2.65 bits per heavy atom. The van der Waals surface area contributed by atoms with Crippen LogP contribution in [0, 0.1) is 10.1 Å². The van der Waals surface area contributed by atoms with Gasteiger partial charge in [0.2, 0.25) is 5.72 Å². The number of halogens is 1. The van der Waals surface area contributed by atoms with Crippen molar-refractivity contribution in [3.05, 3.63) is 69.3 Å². The molecule has 6 heteroatoms. The number of fused-ring (bicyclic) bond motifs is 2. The van der Waals surface area contributed by atoms with Gasteiger partial charge < -0.3 is 9.64 Å². The summed E-state index contributed by atoms with van der Waals surface area (Å²) in [6.07, 6.45) is 4.00. The number of hydrogen-bond acceptors (Lipinski definition) is 4. The van der Waals surface area contributed by atoms with Crippen molar-refractivity contribution in [1.82, 2.24) is 0 Å². The number of non-ortho nitro benzene ring substituents is 1. The SMILES string of the molecule is CN1c2ccccc2C(C)(C)C12C=Cc1cc([N+](=O)[O-])cc(CI)c1O2. The molecule has 4 rings (SSSR count). The highest BCUT2D eigenvalue weighted by atomic mass is 127. The second kappa shape index (κ2) is 5.70. The van der Waals surface area contributed by atoms with Crippen molar-refractivity contribution in [2.24, 2.45) is 0 Å². The van der Waals surface area contributed by atoms with E-state index in [9.17, 15) is 10.1 Å². The van der Waals surface area contributed by atoms with Gasteiger partial charge in [0.25, 0.3) is 5.69 Å². The highest BCUT2D eigenvalue weighted by Gasteiger charge is 2.57. The van der Waals surface area contributed by atoms with Gasteiger partial charge in [0.05, 0.1) is 10.3 Å². The largest absolute Gasteiger partial charge is 0.462 e. The Balaban J connectivity index is 1.89. The van der Waals surface area contributed by atoms with E-state index in [1.54, 1.807) is 12.1 Å². The Labute approximate surface area is 165 Å². The maximum absolute atomic E-state index is 11.2. The summed E-state index contributed by atoms with van der Waals surface area (Å²) in [5.41, 5.74) is 3.13. The molecule has 0 N–H and O–H groups in total. The molecule has 0 radical (unpaired) electrons. The van der Waals surface area contributed by atoms with Crippen molar-refractivity contribution < 1.29 is 9.66 Å². The summed E-state index contributed by atoms with van der Waals surface area (Å²) >= 11 is 2.23. The number of nitro benzene ring substituents is 1. The van der Waals surface area contributed by atoms with Crippen molar-refractivity contribution in [1.29, 1.82) is 0 Å². The summed E-state index contributed by atoms with van der Waals surface area (Å²) in [4.78, 5) is 13.1. The Hall–Kier alpha value is -2.09. The Bertz CT molecular complexity index is 954. The van der Waals surface area contributed by atoms with E-state index in [1.807, 2.05) is 31.3 Å². The minimum atomic E-state index is -0.666. The van der Waals surface area contributed by atoms with Crippen LogP contribution in [0.1, 0.15) is 30.5 Å². The van der Waals surface area contributed by atoms with Crippen molar-refractivity contribution in [3.8, 4) is 5.75 Å². The highest BCUT2D eigenvalue weighted by Crippen LogP contribution is 2.54. The Kier molecular flexibility index (Phi) is 3.80. The van der Waals surface area contributed by atoms with E-state index < -0.39 is 5.72 Å². The van der Waals surface area contributed by atoms with Crippen LogP contribution >= 0.6 is 22.6 Å². The van der Waals surface area contributed by atoms with E-state index in [0.29, 0.717) is 4.43 Å². The molecule has 2 aromatic rings. The zero-order valence-electron chi connectivity index (χ0n) is 14.8. The number of hydrogen-bond donors (Lipinski definition) is 0. The van der Waals surface area contributed by atoms with Crippen molar-refractivity contribution in [2.45, 2.75) is 29.4 Å². The molecule has 1 spiro atoms. The third kappa shape index (κ3) is 2.14. The molecule has 0 amide bonds. The zero-order chi connectivity index (χ0) is 18.7. The normalized spacial score (nSPS) is 22.1. The summed E-state index contributed by atoms with van der Waals surface area (Å²) in [5.74, 6) is 0.736. The van der Waals surface area contributed by atoms with Gasteiger partial charge in [-0.25, -0.2) is 0 Å².